The Kier molecular flexibility index (Phi) is 4.23. The molecule has 2 fully saturated rings. The largest absolute Gasteiger partial charge is 0.338 e. The van der Waals surface area contributed by atoms with Crippen molar-refractivity contribution in [3.05, 3.63) is 0 Å². The number of carbonyl (C=O) groups excluding carboxylic acids is 1. The van der Waals surface area contributed by atoms with Gasteiger partial charge in [-0.1, -0.05) is 12.8 Å². The van der Waals surface area contributed by atoms with Crippen molar-refractivity contribution in [3.8, 4) is 6.07 Å². The number of hydrogen-bond donors (Lipinski definition) is 1. The van der Waals surface area contributed by atoms with E-state index in [9.17, 15) is 10.1 Å². The van der Waals surface area contributed by atoms with E-state index in [2.05, 4.69) is 23.3 Å². The van der Waals surface area contributed by atoms with Crippen LogP contribution in [0.25, 0.3) is 0 Å². The second-order valence-corrected chi connectivity index (χ2v) is 5.90. The van der Waals surface area contributed by atoms with Crippen LogP contribution in [-0.4, -0.2) is 36.5 Å². The van der Waals surface area contributed by atoms with Gasteiger partial charge in [0.1, 0.15) is 5.54 Å². The lowest BCUT2D eigenvalue weighted by Crippen LogP contribution is -2.54. The van der Waals surface area contributed by atoms with Gasteiger partial charge in [0, 0.05) is 19.5 Å². The quantitative estimate of drug-likeness (QED) is 0.827. The highest BCUT2D eigenvalue weighted by Crippen LogP contribution is 2.28. The molecule has 0 aromatic heterocycles. The third-order valence-electron chi connectivity index (χ3n) is 4.38. The van der Waals surface area contributed by atoms with Gasteiger partial charge in [-0.15, -0.1) is 0 Å². The summed E-state index contributed by atoms with van der Waals surface area (Å²) in [5.74, 6) is 0.625. The number of hydrogen-bond acceptors (Lipinski definition) is 3. The highest BCUT2D eigenvalue weighted by atomic mass is 16.1. The summed E-state index contributed by atoms with van der Waals surface area (Å²) in [6.07, 6.45) is 6.97. The first-order valence-electron chi connectivity index (χ1n) is 7.04. The molecule has 4 nitrogen and oxygen atoms in total. The fourth-order valence-corrected chi connectivity index (χ4v) is 3.06. The van der Waals surface area contributed by atoms with Crippen LogP contribution in [0.2, 0.25) is 0 Å². The Morgan fingerprint density at radius 2 is 2.00 bits per heavy atom. The van der Waals surface area contributed by atoms with Crippen molar-refractivity contribution in [2.75, 3.05) is 20.1 Å². The molecule has 0 aromatic carbocycles. The predicted octanol–water partition coefficient (Wildman–Crippen LogP) is 1.67. The van der Waals surface area contributed by atoms with Crippen LogP contribution >= 0.6 is 0 Å². The van der Waals surface area contributed by atoms with Crippen LogP contribution in [0.5, 0.6) is 0 Å². The van der Waals surface area contributed by atoms with Crippen LogP contribution in [0.15, 0.2) is 0 Å². The van der Waals surface area contributed by atoms with Crippen molar-refractivity contribution in [2.45, 2.75) is 50.5 Å². The average Bonchev–Trinajstić information content (AvgIpc) is 2.85. The van der Waals surface area contributed by atoms with Crippen molar-refractivity contribution in [1.29, 1.82) is 5.26 Å². The lowest BCUT2D eigenvalue weighted by Gasteiger charge is -2.36. The molecule has 1 saturated carbocycles. The lowest BCUT2D eigenvalue weighted by molar-refractivity contribution is -0.123. The number of nitriles is 1. The Labute approximate surface area is 109 Å². The molecule has 2 aliphatic rings. The molecule has 0 radical (unpaired) electrons. The second-order valence-electron chi connectivity index (χ2n) is 5.90. The Morgan fingerprint density at radius 3 is 2.56 bits per heavy atom. The van der Waals surface area contributed by atoms with Crippen LogP contribution in [-0.2, 0) is 4.79 Å². The van der Waals surface area contributed by atoms with E-state index >= 15 is 0 Å². The summed E-state index contributed by atoms with van der Waals surface area (Å²) >= 11 is 0. The fraction of sp³-hybridized carbons (Fsp3) is 0.857. The first kappa shape index (κ1) is 13.4. The van der Waals surface area contributed by atoms with Crippen LogP contribution < -0.4 is 5.32 Å². The minimum Gasteiger partial charge on any atom is -0.338 e. The minimum absolute atomic E-state index is 0.0769. The third-order valence-corrected chi connectivity index (χ3v) is 4.38. The van der Waals surface area contributed by atoms with E-state index in [1.807, 2.05) is 0 Å². The first-order chi connectivity index (χ1) is 8.63. The Bertz CT molecular complexity index is 333. The molecule has 4 heteroatoms. The number of likely N-dealkylation sites (tertiary alicyclic amines) is 1. The number of carbonyl (C=O) groups is 1. The predicted molar refractivity (Wildman–Crippen MR) is 69.8 cm³/mol. The van der Waals surface area contributed by atoms with Crippen molar-refractivity contribution < 1.29 is 4.79 Å². The van der Waals surface area contributed by atoms with Gasteiger partial charge in [0.25, 0.3) is 0 Å². The molecule has 1 saturated heterocycles. The van der Waals surface area contributed by atoms with Gasteiger partial charge < -0.3 is 10.2 Å². The van der Waals surface area contributed by atoms with Gasteiger partial charge in [-0.05, 0) is 38.6 Å². The zero-order chi connectivity index (χ0) is 13.0. The molecule has 0 spiro atoms. The van der Waals surface area contributed by atoms with Crippen LogP contribution in [0.4, 0.5) is 0 Å². The standard InChI is InChI=1S/C14H23N3O/c1-17-8-6-14(11-15,7-9-17)16-13(18)10-12-4-2-3-5-12/h12H,2-10H2,1H3,(H,16,18). The number of piperidine rings is 1. The molecule has 0 aromatic rings. The summed E-state index contributed by atoms with van der Waals surface area (Å²) in [5, 5.41) is 12.4. The molecular formula is C14H23N3O. The molecule has 1 N–H and O–H groups in total. The zero-order valence-corrected chi connectivity index (χ0v) is 11.2. The number of nitrogens with one attached hydrogen (secondary N) is 1. The Balaban J connectivity index is 1.85. The fourth-order valence-electron chi connectivity index (χ4n) is 3.06. The minimum atomic E-state index is -0.609. The van der Waals surface area contributed by atoms with Crippen LogP contribution in [0.3, 0.4) is 0 Å². The average molecular weight is 249 g/mol. The van der Waals surface area contributed by atoms with Crippen LogP contribution in [0.1, 0.15) is 44.9 Å². The van der Waals surface area contributed by atoms with E-state index in [0.29, 0.717) is 12.3 Å². The van der Waals surface area contributed by atoms with E-state index in [-0.39, 0.29) is 5.91 Å². The van der Waals surface area contributed by atoms with E-state index in [1.165, 1.54) is 25.7 Å². The number of rotatable bonds is 3. The van der Waals surface area contributed by atoms with E-state index in [4.69, 9.17) is 0 Å². The molecule has 0 unspecified atom stereocenters. The number of nitrogens with zero attached hydrogens (tertiary/aromatic N) is 2. The highest BCUT2D eigenvalue weighted by molar-refractivity contribution is 5.77. The first-order valence-corrected chi connectivity index (χ1v) is 7.04. The molecule has 0 bridgehead atoms. The van der Waals surface area contributed by atoms with E-state index in [0.717, 1.165) is 25.9 Å². The third kappa shape index (κ3) is 3.23. The van der Waals surface area contributed by atoms with Crippen molar-refractivity contribution in [1.82, 2.24) is 10.2 Å². The van der Waals surface area contributed by atoms with Gasteiger partial charge in [-0.2, -0.15) is 5.26 Å². The second kappa shape index (κ2) is 5.71. The topological polar surface area (TPSA) is 56.1 Å². The molecule has 1 heterocycles. The zero-order valence-electron chi connectivity index (χ0n) is 11.2. The Hall–Kier alpha value is -1.08. The molecule has 0 atom stereocenters. The molecular weight excluding hydrogens is 226 g/mol. The summed E-state index contributed by atoms with van der Waals surface area (Å²) in [7, 11) is 2.06. The van der Waals surface area contributed by atoms with Crippen molar-refractivity contribution >= 4 is 5.91 Å². The molecule has 1 aliphatic heterocycles. The molecule has 1 aliphatic carbocycles. The summed E-state index contributed by atoms with van der Waals surface area (Å²) in [6.45, 7) is 1.77. The van der Waals surface area contributed by atoms with E-state index < -0.39 is 5.54 Å². The summed E-state index contributed by atoms with van der Waals surface area (Å²) < 4.78 is 0. The van der Waals surface area contributed by atoms with Gasteiger partial charge in [-0.25, -0.2) is 0 Å². The summed E-state index contributed by atoms with van der Waals surface area (Å²) in [4.78, 5) is 14.2. The molecule has 2 rings (SSSR count). The Morgan fingerprint density at radius 1 is 1.39 bits per heavy atom. The molecule has 100 valence electrons. The highest BCUT2D eigenvalue weighted by Gasteiger charge is 2.35. The molecule has 1 amide bonds. The normalized spacial score (nSPS) is 24.7. The lowest BCUT2D eigenvalue weighted by atomic mass is 9.88. The van der Waals surface area contributed by atoms with Gasteiger partial charge in [0.2, 0.25) is 5.91 Å². The van der Waals surface area contributed by atoms with Crippen molar-refractivity contribution in [2.24, 2.45) is 5.92 Å². The van der Waals surface area contributed by atoms with Gasteiger partial charge in [0.15, 0.2) is 0 Å². The van der Waals surface area contributed by atoms with Gasteiger partial charge in [0.05, 0.1) is 6.07 Å². The van der Waals surface area contributed by atoms with Crippen LogP contribution in [0, 0.1) is 17.2 Å². The maximum Gasteiger partial charge on any atom is 0.221 e. The number of amides is 1. The van der Waals surface area contributed by atoms with Gasteiger partial charge in [-0.3, -0.25) is 4.79 Å². The maximum absolute atomic E-state index is 12.0. The smallest absolute Gasteiger partial charge is 0.221 e. The molecule has 18 heavy (non-hydrogen) atoms. The SMILES string of the molecule is CN1CCC(C#N)(NC(=O)CC2CCCC2)CC1. The van der Waals surface area contributed by atoms with Crippen molar-refractivity contribution in [3.63, 3.8) is 0 Å². The summed E-state index contributed by atoms with van der Waals surface area (Å²) in [5.41, 5.74) is -0.609. The summed E-state index contributed by atoms with van der Waals surface area (Å²) in [6, 6.07) is 2.34. The van der Waals surface area contributed by atoms with Gasteiger partial charge >= 0.3 is 0 Å². The van der Waals surface area contributed by atoms with E-state index in [1.54, 1.807) is 0 Å². The maximum atomic E-state index is 12.0. The monoisotopic (exact) mass is 249 g/mol.